The third kappa shape index (κ3) is 4.29. The van der Waals surface area contributed by atoms with Gasteiger partial charge in [-0.25, -0.2) is 4.79 Å². The standard InChI is InChI=1S/C25H22N2O7S/c1-12(2)9-13-10-14(7-8-15(13)25(30)31)27-18-11-19(35(32,33)34)22(26)21-20(18)23(28)16-5-3-4-6-17(16)24(21)29/h3-8,10-12,27H,9,26H2,1-2H3,(H,30,31)(H,32,33,34). The van der Waals surface area contributed by atoms with E-state index in [1.807, 2.05) is 13.8 Å². The summed E-state index contributed by atoms with van der Waals surface area (Å²) in [6.45, 7) is 3.87. The number of ketones is 2. The van der Waals surface area contributed by atoms with Gasteiger partial charge < -0.3 is 16.2 Å². The number of rotatable bonds is 6. The average molecular weight is 495 g/mol. The quantitative estimate of drug-likeness (QED) is 0.230. The summed E-state index contributed by atoms with van der Waals surface area (Å²) in [7, 11) is -4.85. The molecule has 35 heavy (non-hydrogen) atoms. The smallest absolute Gasteiger partial charge is 0.335 e. The predicted molar refractivity (Wildman–Crippen MR) is 129 cm³/mol. The fourth-order valence-corrected chi connectivity index (χ4v) is 4.90. The van der Waals surface area contributed by atoms with Crippen LogP contribution in [0.3, 0.4) is 0 Å². The number of nitrogen functional groups attached to an aromatic ring is 1. The lowest BCUT2D eigenvalue weighted by Crippen LogP contribution is -2.25. The molecular formula is C25H22N2O7S. The largest absolute Gasteiger partial charge is 0.478 e. The number of hydrogen-bond donors (Lipinski definition) is 4. The van der Waals surface area contributed by atoms with Crippen LogP contribution in [0.25, 0.3) is 0 Å². The molecule has 4 rings (SSSR count). The first-order chi connectivity index (χ1) is 16.4. The Morgan fingerprint density at radius 2 is 1.60 bits per heavy atom. The van der Waals surface area contributed by atoms with Crippen LogP contribution < -0.4 is 11.1 Å². The van der Waals surface area contributed by atoms with Gasteiger partial charge in [-0.15, -0.1) is 0 Å². The molecule has 1 aliphatic rings. The van der Waals surface area contributed by atoms with Crippen molar-refractivity contribution in [3.63, 3.8) is 0 Å². The highest BCUT2D eigenvalue weighted by atomic mass is 32.2. The van der Waals surface area contributed by atoms with Crippen molar-refractivity contribution in [2.75, 3.05) is 11.1 Å². The van der Waals surface area contributed by atoms with Gasteiger partial charge in [0, 0.05) is 16.8 Å². The minimum atomic E-state index is -4.85. The summed E-state index contributed by atoms with van der Waals surface area (Å²) in [5.41, 5.74) is 6.15. The van der Waals surface area contributed by atoms with Gasteiger partial charge in [-0.2, -0.15) is 8.42 Å². The number of hydrogen-bond acceptors (Lipinski definition) is 7. The van der Waals surface area contributed by atoms with Crippen molar-refractivity contribution in [3.8, 4) is 0 Å². The topological polar surface area (TPSA) is 164 Å². The molecule has 3 aromatic rings. The van der Waals surface area contributed by atoms with Gasteiger partial charge in [0.1, 0.15) is 4.90 Å². The molecule has 5 N–H and O–H groups in total. The van der Waals surface area contributed by atoms with Crippen molar-refractivity contribution in [3.05, 3.63) is 81.9 Å². The van der Waals surface area contributed by atoms with Crippen LogP contribution in [-0.4, -0.2) is 35.6 Å². The van der Waals surface area contributed by atoms with E-state index in [0.717, 1.165) is 6.07 Å². The van der Waals surface area contributed by atoms with Crippen molar-refractivity contribution in [1.29, 1.82) is 0 Å². The molecule has 180 valence electrons. The lowest BCUT2D eigenvalue weighted by Gasteiger charge is -2.24. The number of fused-ring (bicyclic) bond motifs is 2. The first kappa shape index (κ1) is 24.1. The van der Waals surface area contributed by atoms with E-state index in [-0.39, 0.29) is 39.4 Å². The zero-order valence-corrected chi connectivity index (χ0v) is 19.6. The van der Waals surface area contributed by atoms with Crippen molar-refractivity contribution < 1.29 is 32.5 Å². The number of nitrogens with one attached hydrogen (secondary N) is 1. The van der Waals surface area contributed by atoms with Crippen LogP contribution in [0.1, 0.15) is 61.6 Å². The summed E-state index contributed by atoms with van der Waals surface area (Å²) in [4.78, 5) is 37.6. The summed E-state index contributed by atoms with van der Waals surface area (Å²) < 4.78 is 33.9. The van der Waals surface area contributed by atoms with E-state index < -0.39 is 38.2 Å². The maximum atomic E-state index is 13.4. The fourth-order valence-electron chi connectivity index (χ4n) is 4.25. The van der Waals surface area contributed by atoms with E-state index in [2.05, 4.69) is 5.32 Å². The fraction of sp³-hybridized carbons (Fsp3) is 0.160. The summed E-state index contributed by atoms with van der Waals surface area (Å²) in [5.74, 6) is -2.14. The molecule has 10 heteroatoms. The monoisotopic (exact) mass is 494 g/mol. The van der Waals surface area contributed by atoms with Gasteiger partial charge in [-0.1, -0.05) is 38.1 Å². The zero-order valence-electron chi connectivity index (χ0n) is 18.8. The van der Waals surface area contributed by atoms with Crippen LogP contribution in [0.15, 0.2) is 53.4 Å². The van der Waals surface area contributed by atoms with Crippen molar-refractivity contribution in [2.24, 2.45) is 5.92 Å². The Balaban J connectivity index is 1.95. The molecule has 3 aromatic carbocycles. The number of carboxylic acids is 1. The minimum Gasteiger partial charge on any atom is -0.478 e. The summed E-state index contributed by atoms with van der Waals surface area (Å²) >= 11 is 0. The zero-order chi connectivity index (χ0) is 25.7. The minimum absolute atomic E-state index is 0.0618. The molecule has 0 spiro atoms. The Kier molecular flexibility index (Phi) is 5.95. The second kappa shape index (κ2) is 8.64. The number of carbonyl (C=O) groups is 3. The summed E-state index contributed by atoms with van der Waals surface area (Å²) in [6, 6.07) is 11.5. The molecule has 0 unspecified atom stereocenters. The maximum Gasteiger partial charge on any atom is 0.335 e. The Labute approximate surface area is 201 Å². The SMILES string of the molecule is CC(C)Cc1cc(Nc2cc(S(=O)(=O)O)c(N)c3c2C(=O)c2ccccc2C3=O)ccc1C(=O)O. The highest BCUT2D eigenvalue weighted by Gasteiger charge is 2.36. The highest BCUT2D eigenvalue weighted by Crippen LogP contribution is 2.40. The van der Waals surface area contributed by atoms with Gasteiger partial charge in [0.2, 0.25) is 0 Å². The Morgan fingerprint density at radius 3 is 2.14 bits per heavy atom. The Morgan fingerprint density at radius 1 is 1.00 bits per heavy atom. The van der Waals surface area contributed by atoms with Crippen LogP contribution in [0.2, 0.25) is 0 Å². The van der Waals surface area contributed by atoms with Crippen molar-refractivity contribution in [2.45, 2.75) is 25.2 Å². The summed E-state index contributed by atoms with van der Waals surface area (Å²) in [6.07, 6.45) is 0.456. The van der Waals surface area contributed by atoms with E-state index >= 15 is 0 Å². The second-order valence-corrected chi connectivity index (χ2v) is 10.1. The molecule has 0 radical (unpaired) electrons. The molecule has 0 bridgehead atoms. The number of carboxylic acid groups (broad SMARTS) is 1. The predicted octanol–water partition coefficient (Wildman–Crippen LogP) is 3.93. The van der Waals surface area contributed by atoms with Crippen LogP contribution in [-0.2, 0) is 16.5 Å². The van der Waals surface area contributed by atoms with E-state index in [1.54, 1.807) is 18.2 Å². The van der Waals surface area contributed by atoms with Gasteiger partial charge in [-0.05, 0) is 42.2 Å². The number of anilines is 3. The van der Waals surface area contributed by atoms with Gasteiger partial charge in [0.25, 0.3) is 10.1 Å². The van der Waals surface area contributed by atoms with Gasteiger partial charge >= 0.3 is 5.97 Å². The molecular weight excluding hydrogens is 472 g/mol. The molecule has 0 saturated heterocycles. The van der Waals surface area contributed by atoms with Crippen LogP contribution >= 0.6 is 0 Å². The van der Waals surface area contributed by atoms with Crippen LogP contribution in [0.4, 0.5) is 17.1 Å². The summed E-state index contributed by atoms with van der Waals surface area (Å²) in [5, 5.41) is 12.5. The van der Waals surface area contributed by atoms with Crippen molar-refractivity contribution in [1.82, 2.24) is 0 Å². The van der Waals surface area contributed by atoms with Gasteiger partial charge in [0.05, 0.1) is 28.1 Å². The van der Waals surface area contributed by atoms with E-state index in [9.17, 15) is 32.5 Å². The Hall–Kier alpha value is -4.02. The van der Waals surface area contributed by atoms with Crippen LogP contribution in [0, 0.1) is 5.92 Å². The number of aromatic carboxylic acids is 1. The molecule has 9 nitrogen and oxygen atoms in total. The Bertz CT molecular complexity index is 1530. The van der Waals surface area contributed by atoms with E-state index in [0.29, 0.717) is 17.7 Å². The third-order valence-electron chi connectivity index (χ3n) is 5.72. The molecule has 0 aromatic heterocycles. The van der Waals surface area contributed by atoms with Crippen molar-refractivity contribution >= 4 is 44.7 Å². The number of benzene rings is 3. The van der Waals surface area contributed by atoms with Gasteiger partial charge in [-0.3, -0.25) is 14.1 Å². The third-order valence-corrected chi connectivity index (χ3v) is 6.61. The molecule has 0 heterocycles. The molecule has 0 fully saturated rings. The van der Waals surface area contributed by atoms with Gasteiger partial charge in [0.15, 0.2) is 11.6 Å². The van der Waals surface area contributed by atoms with E-state index in [4.69, 9.17) is 5.73 Å². The van der Waals surface area contributed by atoms with E-state index in [1.165, 1.54) is 24.3 Å². The molecule has 0 aliphatic heterocycles. The first-order valence-electron chi connectivity index (χ1n) is 10.7. The molecule has 0 amide bonds. The normalized spacial score (nSPS) is 12.9. The average Bonchev–Trinajstić information content (AvgIpc) is 2.77. The first-order valence-corrected chi connectivity index (χ1v) is 12.1. The lowest BCUT2D eigenvalue weighted by atomic mass is 9.82. The second-order valence-electron chi connectivity index (χ2n) is 8.66. The van der Waals surface area contributed by atoms with Crippen LogP contribution in [0.5, 0.6) is 0 Å². The molecule has 1 aliphatic carbocycles. The molecule has 0 atom stereocenters. The molecule has 0 saturated carbocycles. The highest BCUT2D eigenvalue weighted by molar-refractivity contribution is 7.86. The number of nitrogens with two attached hydrogens (primary N) is 1. The number of carbonyl (C=O) groups excluding carboxylic acids is 2. The maximum absolute atomic E-state index is 13.4. The lowest BCUT2D eigenvalue weighted by molar-refractivity contribution is 0.0695.